The Morgan fingerprint density at radius 3 is 2.48 bits per heavy atom. The minimum Gasteiger partial charge on any atom is -0.357 e. The lowest BCUT2D eigenvalue weighted by Gasteiger charge is -2.33. The number of hydrogen-bond donors (Lipinski definition) is 2. The predicted molar refractivity (Wildman–Crippen MR) is 130 cm³/mol. The van der Waals surface area contributed by atoms with E-state index in [2.05, 4.69) is 70.3 Å². The molecule has 0 spiro atoms. The summed E-state index contributed by atoms with van der Waals surface area (Å²) < 4.78 is 0. The van der Waals surface area contributed by atoms with Crippen LogP contribution in [0.2, 0.25) is 0 Å². The molecular formula is C25H31N5S. The lowest BCUT2D eigenvalue weighted by molar-refractivity contribution is 0.198. The molecular weight excluding hydrogens is 402 g/mol. The normalized spacial score (nSPS) is 15.7. The Morgan fingerprint density at radius 1 is 1.06 bits per heavy atom. The Balaban J connectivity index is 1.29. The van der Waals surface area contributed by atoms with Crippen LogP contribution in [0.15, 0.2) is 71.0 Å². The maximum absolute atomic E-state index is 4.80. The molecule has 0 amide bonds. The molecule has 31 heavy (non-hydrogen) atoms. The van der Waals surface area contributed by atoms with Crippen LogP contribution in [0.5, 0.6) is 0 Å². The highest BCUT2D eigenvalue weighted by molar-refractivity contribution is 7.09. The number of guanidine groups is 1. The van der Waals surface area contributed by atoms with Gasteiger partial charge in [0.2, 0.25) is 0 Å². The summed E-state index contributed by atoms with van der Waals surface area (Å²) >= 11 is 1.67. The molecule has 0 aliphatic carbocycles. The smallest absolute Gasteiger partial charge is 0.191 e. The van der Waals surface area contributed by atoms with Gasteiger partial charge in [-0.3, -0.25) is 4.90 Å². The molecule has 1 aliphatic rings. The first-order valence-corrected chi connectivity index (χ1v) is 12.0. The number of piperidine rings is 1. The van der Waals surface area contributed by atoms with Crippen LogP contribution in [0.4, 0.5) is 0 Å². The van der Waals surface area contributed by atoms with E-state index in [0.29, 0.717) is 12.6 Å². The third kappa shape index (κ3) is 6.39. The third-order valence-corrected chi connectivity index (χ3v) is 6.35. The zero-order valence-corrected chi connectivity index (χ0v) is 18.9. The van der Waals surface area contributed by atoms with Crippen molar-refractivity contribution in [2.45, 2.75) is 38.9 Å². The minimum absolute atomic E-state index is 0.459. The maximum Gasteiger partial charge on any atom is 0.191 e. The van der Waals surface area contributed by atoms with Crippen LogP contribution in [-0.4, -0.2) is 41.5 Å². The Labute approximate surface area is 189 Å². The van der Waals surface area contributed by atoms with Gasteiger partial charge >= 0.3 is 0 Å². The first-order chi connectivity index (χ1) is 15.3. The van der Waals surface area contributed by atoms with Gasteiger partial charge in [0.15, 0.2) is 5.96 Å². The Hall–Kier alpha value is -2.70. The highest BCUT2D eigenvalue weighted by atomic mass is 32.1. The van der Waals surface area contributed by atoms with E-state index in [1.807, 2.05) is 18.2 Å². The molecule has 0 bridgehead atoms. The van der Waals surface area contributed by atoms with Gasteiger partial charge in [0.25, 0.3) is 0 Å². The number of rotatable bonds is 7. The topological polar surface area (TPSA) is 52.6 Å². The molecule has 0 unspecified atom stereocenters. The van der Waals surface area contributed by atoms with Crippen LogP contribution in [0.3, 0.4) is 0 Å². The second-order valence-corrected chi connectivity index (χ2v) is 8.81. The highest BCUT2D eigenvalue weighted by Crippen LogP contribution is 2.22. The van der Waals surface area contributed by atoms with Crippen molar-refractivity contribution in [2.75, 3.05) is 19.6 Å². The molecule has 1 fully saturated rings. The summed E-state index contributed by atoms with van der Waals surface area (Å²) in [6.45, 7) is 6.81. The first-order valence-electron chi connectivity index (χ1n) is 11.1. The fourth-order valence-corrected chi connectivity index (χ4v) is 4.59. The van der Waals surface area contributed by atoms with Gasteiger partial charge in [-0.2, -0.15) is 0 Å². The summed E-state index contributed by atoms with van der Waals surface area (Å²) in [4.78, 5) is 12.1. The van der Waals surface area contributed by atoms with Crippen LogP contribution in [-0.2, 0) is 13.1 Å². The van der Waals surface area contributed by atoms with Crippen molar-refractivity contribution in [1.29, 1.82) is 0 Å². The van der Waals surface area contributed by atoms with E-state index < -0.39 is 0 Å². The van der Waals surface area contributed by atoms with Gasteiger partial charge in [0.1, 0.15) is 5.01 Å². The Morgan fingerprint density at radius 2 is 1.77 bits per heavy atom. The van der Waals surface area contributed by atoms with Crippen molar-refractivity contribution in [3.8, 4) is 11.3 Å². The van der Waals surface area contributed by atoms with Gasteiger partial charge in [-0.1, -0.05) is 60.7 Å². The van der Waals surface area contributed by atoms with E-state index in [9.17, 15) is 0 Å². The van der Waals surface area contributed by atoms with Crippen LogP contribution >= 0.6 is 11.3 Å². The quantitative estimate of drug-likeness (QED) is 0.425. The van der Waals surface area contributed by atoms with E-state index in [1.54, 1.807) is 11.3 Å². The molecule has 2 N–H and O–H groups in total. The number of nitrogens with one attached hydrogen (secondary N) is 2. The van der Waals surface area contributed by atoms with Gasteiger partial charge in [0, 0.05) is 43.2 Å². The minimum atomic E-state index is 0.459. The monoisotopic (exact) mass is 433 g/mol. The lowest BCUT2D eigenvalue weighted by Crippen LogP contribution is -2.48. The van der Waals surface area contributed by atoms with Crippen LogP contribution in [0.1, 0.15) is 30.3 Å². The largest absolute Gasteiger partial charge is 0.357 e. The van der Waals surface area contributed by atoms with Gasteiger partial charge in [0.05, 0.1) is 12.2 Å². The van der Waals surface area contributed by atoms with E-state index >= 15 is 0 Å². The van der Waals surface area contributed by atoms with Gasteiger partial charge in [-0.25, -0.2) is 9.98 Å². The molecule has 1 aliphatic heterocycles. The van der Waals surface area contributed by atoms with Gasteiger partial charge in [-0.05, 0) is 25.3 Å². The molecule has 0 radical (unpaired) electrons. The molecule has 2 aromatic carbocycles. The first kappa shape index (κ1) is 21.5. The molecule has 0 saturated carbocycles. The molecule has 3 aromatic rings. The van der Waals surface area contributed by atoms with Crippen molar-refractivity contribution < 1.29 is 0 Å². The Kier molecular flexibility index (Phi) is 7.69. The Bertz CT molecular complexity index is 946. The van der Waals surface area contributed by atoms with Crippen LogP contribution in [0, 0.1) is 0 Å². The van der Waals surface area contributed by atoms with Gasteiger partial charge < -0.3 is 10.6 Å². The molecule has 4 rings (SSSR count). The highest BCUT2D eigenvalue weighted by Gasteiger charge is 2.20. The molecule has 162 valence electrons. The molecule has 2 heterocycles. The average molecular weight is 434 g/mol. The molecule has 1 saturated heterocycles. The van der Waals surface area contributed by atoms with Crippen molar-refractivity contribution in [3.63, 3.8) is 0 Å². The number of thiazole rings is 1. The van der Waals surface area contributed by atoms with Crippen molar-refractivity contribution in [3.05, 3.63) is 76.6 Å². The summed E-state index contributed by atoms with van der Waals surface area (Å²) in [5, 5.41) is 10.2. The fraction of sp³-hybridized carbons (Fsp3) is 0.360. The summed E-state index contributed by atoms with van der Waals surface area (Å²) in [6.07, 6.45) is 2.26. The van der Waals surface area contributed by atoms with E-state index in [0.717, 1.165) is 61.2 Å². The number of aromatic nitrogens is 1. The number of hydrogen-bond acceptors (Lipinski definition) is 4. The van der Waals surface area contributed by atoms with E-state index in [-0.39, 0.29) is 0 Å². The number of likely N-dealkylation sites (tertiary alicyclic amines) is 1. The van der Waals surface area contributed by atoms with Crippen molar-refractivity contribution >= 4 is 17.3 Å². The second kappa shape index (κ2) is 11.1. The predicted octanol–water partition coefficient (Wildman–Crippen LogP) is 4.53. The summed E-state index contributed by atoms with van der Waals surface area (Å²) in [6, 6.07) is 21.5. The summed E-state index contributed by atoms with van der Waals surface area (Å²) in [7, 11) is 0. The number of aliphatic imine (C=N–C) groups is 1. The lowest BCUT2D eigenvalue weighted by atomic mass is 10.0. The fourth-order valence-electron chi connectivity index (χ4n) is 3.86. The zero-order chi connectivity index (χ0) is 21.3. The standard InChI is InChI=1S/C25H31N5S/c1-2-26-25(27-17-24-29-23(19-31-24)21-11-7-4-8-12-21)28-22-13-15-30(16-14-22)18-20-9-5-3-6-10-20/h3-12,19,22H,2,13-18H2,1H3,(H2,26,27,28). The zero-order valence-electron chi connectivity index (χ0n) is 18.1. The van der Waals surface area contributed by atoms with Crippen LogP contribution < -0.4 is 10.6 Å². The third-order valence-electron chi connectivity index (χ3n) is 5.52. The molecule has 5 nitrogen and oxygen atoms in total. The van der Waals surface area contributed by atoms with Crippen molar-refractivity contribution in [1.82, 2.24) is 20.5 Å². The van der Waals surface area contributed by atoms with Crippen molar-refractivity contribution in [2.24, 2.45) is 4.99 Å². The SMILES string of the molecule is CCNC(=NCc1nc(-c2ccccc2)cs1)NC1CCN(Cc2ccccc2)CC1. The average Bonchev–Trinajstić information content (AvgIpc) is 3.29. The van der Waals surface area contributed by atoms with E-state index in [4.69, 9.17) is 9.98 Å². The van der Waals surface area contributed by atoms with Crippen LogP contribution in [0.25, 0.3) is 11.3 Å². The molecule has 1 aromatic heterocycles. The maximum atomic E-state index is 4.80. The number of benzene rings is 2. The summed E-state index contributed by atoms with van der Waals surface area (Å²) in [5.41, 5.74) is 3.57. The molecule has 0 atom stereocenters. The number of nitrogens with zero attached hydrogens (tertiary/aromatic N) is 3. The van der Waals surface area contributed by atoms with E-state index in [1.165, 1.54) is 5.56 Å². The van der Waals surface area contributed by atoms with Gasteiger partial charge in [-0.15, -0.1) is 11.3 Å². The summed E-state index contributed by atoms with van der Waals surface area (Å²) in [5.74, 6) is 0.889. The molecule has 6 heteroatoms. The second-order valence-electron chi connectivity index (χ2n) is 7.87.